The molecule has 3 amide bonds. The van der Waals surface area contributed by atoms with Gasteiger partial charge < -0.3 is 37.2 Å². The number of H-pyrrole nitrogens is 1. The molecule has 1 aromatic carbocycles. The Morgan fingerprint density at radius 3 is 2.17 bits per heavy atom. The molecule has 1 saturated heterocycles. The van der Waals surface area contributed by atoms with Gasteiger partial charge in [-0.2, -0.15) is 10.2 Å². The van der Waals surface area contributed by atoms with Gasteiger partial charge in [-0.3, -0.25) is 34.0 Å². The van der Waals surface area contributed by atoms with Crippen molar-refractivity contribution in [3.8, 4) is 6.07 Å². The lowest BCUT2D eigenvalue weighted by Crippen LogP contribution is -2.54. The maximum Gasteiger partial charge on any atom is 0.343 e. The molecule has 1 aliphatic rings. The number of unbranched alkanes of at least 4 members (excludes halogenated alkanes) is 2. The number of ketones is 1. The minimum Gasteiger partial charge on any atom is -0.391 e. The molecule has 0 spiro atoms. The van der Waals surface area contributed by atoms with E-state index in [4.69, 9.17) is 22.6 Å². The number of nitrogens with one attached hydrogen (secondary N) is 2. The average Bonchev–Trinajstić information content (AvgIpc) is 3.92. The van der Waals surface area contributed by atoms with Crippen molar-refractivity contribution >= 4 is 57.7 Å². The minimum absolute atomic E-state index is 0.0185. The lowest BCUT2D eigenvalue weighted by atomic mass is 10.0. The Kier molecular flexibility index (Phi) is 22.9. The quantitative estimate of drug-likeness (QED) is 0.0362. The van der Waals surface area contributed by atoms with E-state index in [-0.39, 0.29) is 90.4 Å². The third kappa shape index (κ3) is 17.1. The molecule has 394 valence electrons. The summed E-state index contributed by atoms with van der Waals surface area (Å²) in [6.07, 6.45) is 3.88. The van der Waals surface area contributed by atoms with Gasteiger partial charge in [-0.05, 0) is 90.9 Å². The maximum atomic E-state index is 13.5. The lowest BCUT2D eigenvalue weighted by molar-refractivity contribution is -0.134. The molecule has 4 atom stereocenters. The van der Waals surface area contributed by atoms with Crippen molar-refractivity contribution in [3.63, 3.8) is 0 Å². The number of carbonyl (C=O) groups is 4. The number of imidazole rings is 1. The Morgan fingerprint density at radius 1 is 0.958 bits per heavy atom. The molecule has 4 rings (SSSR count). The van der Waals surface area contributed by atoms with Crippen LogP contribution in [0.5, 0.6) is 0 Å². The second-order valence-corrected chi connectivity index (χ2v) is 25.9. The molecule has 3 heterocycles. The van der Waals surface area contributed by atoms with Crippen molar-refractivity contribution in [1.82, 2.24) is 34.0 Å². The Balaban J connectivity index is 1.56. The van der Waals surface area contributed by atoms with Crippen LogP contribution in [0.4, 0.5) is 5.95 Å². The van der Waals surface area contributed by atoms with Gasteiger partial charge in [0.1, 0.15) is 18.1 Å². The van der Waals surface area contributed by atoms with Crippen molar-refractivity contribution in [1.29, 1.82) is 5.26 Å². The fourth-order valence-corrected chi connectivity index (χ4v) is 14.3. The number of fused-ring (bicyclic) bond motifs is 1. The van der Waals surface area contributed by atoms with Crippen LogP contribution in [0, 0.1) is 11.3 Å². The van der Waals surface area contributed by atoms with Gasteiger partial charge in [-0.1, -0.05) is 52.3 Å². The molecule has 0 aliphatic carbocycles. The maximum absolute atomic E-state index is 13.5. The van der Waals surface area contributed by atoms with Gasteiger partial charge in [0.15, 0.2) is 11.2 Å². The molecule has 2 N–H and O–H groups in total. The highest BCUT2D eigenvalue weighted by molar-refractivity contribution is 7.44. The van der Waals surface area contributed by atoms with E-state index >= 15 is 0 Å². The summed E-state index contributed by atoms with van der Waals surface area (Å²) < 4.78 is 38.3. The Labute approximate surface area is 422 Å². The van der Waals surface area contributed by atoms with E-state index in [2.05, 4.69) is 86.4 Å². The van der Waals surface area contributed by atoms with Crippen molar-refractivity contribution in [2.24, 2.45) is 0 Å². The van der Waals surface area contributed by atoms with E-state index in [9.17, 15) is 29.2 Å². The van der Waals surface area contributed by atoms with Gasteiger partial charge in [-0.25, -0.2) is 9.65 Å². The number of nitrogens with zero attached hydrogens (tertiary/aromatic N) is 7. The van der Waals surface area contributed by atoms with Crippen LogP contribution >= 0.6 is 8.53 Å². The summed E-state index contributed by atoms with van der Waals surface area (Å²) in [4.78, 5) is 78.9. The number of ether oxygens (including phenoxy) is 1. The third-order valence-electron chi connectivity index (χ3n) is 12.6. The van der Waals surface area contributed by atoms with Crippen LogP contribution in [0.25, 0.3) is 11.2 Å². The Hall–Kier alpha value is -4.45. The number of hydrogen-bond acceptors (Lipinski definition) is 14. The Morgan fingerprint density at radius 2 is 1.58 bits per heavy atom. The van der Waals surface area contributed by atoms with Crippen molar-refractivity contribution in [3.05, 3.63) is 52.6 Å². The summed E-state index contributed by atoms with van der Waals surface area (Å²) in [5.41, 5.74) is -0.696. The third-order valence-corrected chi connectivity index (χ3v) is 19.4. The van der Waals surface area contributed by atoms with Gasteiger partial charge in [0.25, 0.3) is 20.0 Å². The molecule has 71 heavy (non-hydrogen) atoms. The van der Waals surface area contributed by atoms with Crippen LogP contribution in [0.2, 0.25) is 11.1 Å². The predicted octanol–water partition coefficient (Wildman–Crippen LogP) is 8.63. The van der Waals surface area contributed by atoms with E-state index in [1.165, 1.54) is 6.33 Å². The van der Waals surface area contributed by atoms with E-state index in [0.29, 0.717) is 37.9 Å². The first kappa shape index (κ1) is 59.1. The van der Waals surface area contributed by atoms with Crippen LogP contribution < -0.4 is 10.9 Å². The molecular formula is C50H80N9O10PSi. The number of amides is 3. The van der Waals surface area contributed by atoms with Crippen LogP contribution in [-0.4, -0.2) is 136 Å². The fourth-order valence-electron chi connectivity index (χ4n) is 8.63. The highest BCUT2D eigenvalue weighted by Crippen LogP contribution is 2.50. The molecule has 0 bridgehead atoms. The number of carbonyl (C=O) groups excluding carboxylic acids is 4. The molecule has 1 fully saturated rings. The summed E-state index contributed by atoms with van der Waals surface area (Å²) >= 11 is 0. The average molecular weight is 1030 g/mol. The normalized spacial score (nSPS) is 16.9. The summed E-state index contributed by atoms with van der Waals surface area (Å²) in [5.74, 6) is -0.377. The highest BCUT2D eigenvalue weighted by Gasteiger charge is 2.51. The zero-order chi connectivity index (χ0) is 52.6. The topological polar surface area (TPSA) is 224 Å². The molecule has 2 aromatic heterocycles. The zero-order valence-corrected chi connectivity index (χ0v) is 46.3. The van der Waals surface area contributed by atoms with Gasteiger partial charge in [0.05, 0.1) is 43.7 Å². The van der Waals surface area contributed by atoms with Crippen LogP contribution in [-0.2, 0) is 37.0 Å². The lowest BCUT2D eigenvalue weighted by Gasteiger charge is -2.44. The summed E-state index contributed by atoms with van der Waals surface area (Å²) in [7, 11) is -1.38. The second-order valence-electron chi connectivity index (χ2n) is 20.2. The van der Waals surface area contributed by atoms with Crippen LogP contribution in [0.3, 0.4) is 0 Å². The number of hydrogen-bond donors (Lipinski definition) is 2. The summed E-state index contributed by atoms with van der Waals surface area (Å²) in [5, 5.41) is 12.1. The van der Waals surface area contributed by atoms with E-state index in [1.54, 1.807) is 65.7 Å². The fraction of sp³-hybridized carbons (Fsp3) is 0.680. The second kappa shape index (κ2) is 27.6. The van der Waals surface area contributed by atoms with Crippen molar-refractivity contribution in [2.75, 3.05) is 45.7 Å². The first-order valence-corrected chi connectivity index (χ1v) is 28.1. The van der Waals surface area contributed by atoms with Crippen LogP contribution in [0.1, 0.15) is 151 Å². The number of likely N-dealkylation sites (N-methyl/N-ethyl adjacent to an activating group) is 2. The van der Waals surface area contributed by atoms with Gasteiger partial charge in [0, 0.05) is 70.5 Å². The smallest absolute Gasteiger partial charge is 0.343 e. The predicted molar refractivity (Wildman–Crippen MR) is 276 cm³/mol. The highest BCUT2D eigenvalue weighted by atomic mass is 31.2. The number of aromatic amines is 1. The number of aromatic nitrogens is 4. The van der Waals surface area contributed by atoms with E-state index < -0.39 is 52.6 Å². The van der Waals surface area contributed by atoms with E-state index in [1.807, 2.05) is 13.8 Å². The number of benzene rings is 1. The van der Waals surface area contributed by atoms with E-state index in [0.717, 1.165) is 19.3 Å². The molecule has 21 heteroatoms. The van der Waals surface area contributed by atoms with Gasteiger partial charge >= 0.3 is 8.56 Å². The minimum atomic E-state index is -3.17. The standard InChI is InChI=1S/C50H80N9O10PSi/c1-34(2)59(35(3)4)70(65-30-20-27-51)68-40-31-44(58-33-52-45-46(58)53-49(55-48(45)64)54-47(63)39-22-17-15-18-23-39)67-41(40)32-66-71(36(5)6,37(7)8)69-50(10,11)26-25-43(62)57(13)29-28-56(12)42(61)24-19-14-16-21-38(9)60/h15,17-18,22-23,33-37,40-41,44H,14,16,19-21,24-26,28-32H2,1-13H3,(H2,53,54,55,63,64)/t40-,41+,44+,70?/m0/s1. The molecule has 1 unspecified atom stereocenters. The molecule has 0 radical (unpaired) electrons. The van der Waals surface area contributed by atoms with Gasteiger partial charge in [0.2, 0.25) is 17.8 Å². The largest absolute Gasteiger partial charge is 0.391 e. The SMILES string of the molecule is CC(=O)CCCCCC(=O)N(C)CCN(C)C(=O)CCC(C)(C)O[Si](OC[C@H]1O[C@@H](n2cnc3c(=O)[nH]c(NC(=O)c4ccccc4)nc32)C[C@@H]1OP(OCCC#N)N(C(C)C)C(C)C)(C(C)C)C(C)C. The molecule has 19 nitrogen and oxygen atoms in total. The van der Waals surface area contributed by atoms with Crippen molar-refractivity contribution in [2.45, 2.75) is 181 Å². The first-order chi connectivity index (χ1) is 33.5. The summed E-state index contributed by atoms with van der Waals surface area (Å²) in [6, 6.07) is 10.8. The molecule has 1 aliphatic heterocycles. The van der Waals surface area contributed by atoms with Gasteiger partial charge in [-0.15, -0.1) is 0 Å². The van der Waals surface area contributed by atoms with Crippen molar-refractivity contribution < 1.29 is 41.8 Å². The number of Topliss-reactive ketones (excluding diaryl/α,β-unsaturated/α-hetero) is 1. The molecule has 0 saturated carbocycles. The van der Waals surface area contributed by atoms with Crippen LogP contribution in [0.15, 0.2) is 41.5 Å². The number of nitriles is 1. The molecule has 3 aromatic rings. The molecular weight excluding hydrogens is 946 g/mol. The monoisotopic (exact) mass is 1030 g/mol. The number of anilines is 1. The zero-order valence-electron chi connectivity index (χ0n) is 44.4. The summed E-state index contributed by atoms with van der Waals surface area (Å²) in [6.45, 7) is 23.3. The number of rotatable bonds is 30. The first-order valence-electron chi connectivity index (χ1n) is 25.0. The Bertz CT molecular complexity index is 2290.